The molecule has 2 N–H and O–H groups in total. The third-order valence-corrected chi connectivity index (χ3v) is 4.82. The van der Waals surface area contributed by atoms with Crippen molar-refractivity contribution in [2.45, 2.75) is 13.1 Å². The molecule has 0 saturated carbocycles. The van der Waals surface area contributed by atoms with Crippen LogP contribution in [0.2, 0.25) is 0 Å². The summed E-state index contributed by atoms with van der Waals surface area (Å²) < 4.78 is 59.7. The van der Waals surface area contributed by atoms with E-state index in [0.717, 1.165) is 11.6 Å². The van der Waals surface area contributed by atoms with Crippen LogP contribution in [0.25, 0.3) is 11.0 Å². The van der Waals surface area contributed by atoms with Crippen LogP contribution in [0.15, 0.2) is 55.0 Å². The number of halogens is 4. The Kier molecular flexibility index (Phi) is 5.62. The van der Waals surface area contributed by atoms with Gasteiger partial charge in [0.1, 0.15) is 23.4 Å². The SMILES string of the molecule is Cc1cc(Oc2ncnc3ccn(C)c23)ccc1NC(=O)Nc1ccc(F)c(C(F)(F)F)c1. The molecule has 4 aromatic rings. The second-order valence-corrected chi connectivity index (χ2v) is 7.19. The molecule has 2 aromatic heterocycles. The smallest absolute Gasteiger partial charge is 0.419 e. The minimum atomic E-state index is -4.88. The van der Waals surface area contributed by atoms with Gasteiger partial charge in [0.05, 0.1) is 11.1 Å². The molecule has 0 aliphatic carbocycles. The van der Waals surface area contributed by atoms with Crippen LogP contribution in [0.4, 0.5) is 33.7 Å². The quantitative estimate of drug-likeness (QED) is 0.374. The van der Waals surface area contributed by atoms with Gasteiger partial charge in [0.2, 0.25) is 5.88 Å². The fourth-order valence-corrected chi connectivity index (χ4v) is 3.22. The van der Waals surface area contributed by atoms with Crippen LogP contribution in [0.3, 0.4) is 0 Å². The molecule has 0 fully saturated rings. The number of amides is 2. The van der Waals surface area contributed by atoms with E-state index in [9.17, 15) is 22.4 Å². The molecule has 0 aliphatic rings. The van der Waals surface area contributed by atoms with E-state index < -0.39 is 23.6 Å². The highest BCUT2D eigenvalue weighted by atomic mass is 19.4. The van der Waals surface area contributed by atoms with Crippen LogP contribution in [0.5, 0.6) is 11.6 Å². The van der Waals surface area contributed by atoms with Crippen molar-refractivity contribution in [3.05, 3.63) is 71.9 Å². The van der Waals surface area contributed by atoms with Crippen LogP contribution in [-0.2, 0) is 13.2 Å². The predicted molar refractivity (Wildman–Crippen MR) is 114 cm³/mol. The van der Waals surface area contributed by atoms with E-state index in [-0.39, 0.29) is 5.69 Å². The lowest BCUT2D eigenvalue weighted by Gasteiger charge is -2.13. The molecule has 2 amide bonds. The second kappa shape index (κ2) is 8.41. The Morgan fingerprint density at radius 2 is 1.85 bits per heavy atom. The van der Waals surface area contributed by atoms with Gasteiger partial charge in [0, 0.05) is 24.6 Å². The van der Waals surface area contributed by atoms with E-state index in [1.165, 1.54) is 6.33 Å². The van der Waals surface area contributed by atoms with E-state index >= 15 is 0 Å². The Bertz CT molecular complexity index is 1350. The summed E-state index contributed by atoms with van der Waals surface area (Å²) in [5.41, 5.74) is 0.821. The number of aromatic nitrogens is 3. The van der Waals surface area contributed by atoms with Crippen molar-refractivity contribution >= 4 is 28.4 Å². The fraction of sp³-hybridized carbons (Fsp3) is 0.136. The first-order valence-corrected chi connectivity index (χ1v) is 9.61. The number of carbonyl (C=O) groups excluding carboxylic acids is 1. The minimum absolute atomic E-state index is 0.200. The van der Waals surface area contributed by atoms with Gasteiger partial charge in [-0.3, -0.25) is 0 Å². The van der Waals surface area contributed by atoms with E-state index in [1.807, 2.05) is 23.9 Å². The second-order valence-electron chi connectivity index (χ2n) is 7.19. The number of nitrogens with one attached hydrogen (secondary N) is 2. The number of carbonyl (C=O) groups is 1. The highest BCUT2D eigenvalue weighted by Gasteiger charge is 2.34. The number of benzene rings is 2. The number of aryl methyl sites for hydroxylation is 2. The number of alkyl halides is 3. The highest BCUT2D eigenvalue weighted by molar-refractivity contribution is 6.00. The molecule has 0 unspecified atom stereocenters. The monoisotopic (exact) mass is 459 g/mol. The molecule has 2 aromatic carbocycles. The first-order chi connectivity index (χ1) is 15.6. The van der Waals surface area contributed by atoms with Gasteiger partial charge in [-0.25, -0.2) is 14.2 Å². The topological polar surface area (TPSA) is 81.1 Å². The van der Waals surface area contributed by atoms with E-state index in [1.54, 1.807) is 25.1 Å². The molecular weight excluding hydrogens is 442 g/mol. The van der Waals surface area contributed by atoms with Gasteiger partial charge in [0.25, 0.3) is 0 Å². The normalized spacial score (nSPS) is 11.5. The van der Waals surface area contributed by atoms with Crippen molar-refractivity contribution in [2.75, 3.05) is 10.6 Å². The molecule has 170 valence electrons. The molecule has 0 atom stereocenters. The summed E-state index contributed by atoms with van der Waals surface area (Å²) in [6.45, 7) is 1.72. The fourth-order valence-electron chi connectivity index (χ4n) is 3.22. The van der Waals surface area contributed by atoms with Gasteiger partial charge in [-0.1, -0.05) is 0 Å². The number of fused-ring (bicyclic) bond motifs is 1. The maximum Gasteiger partial charge on any atom is 0.419 e. The Morgan fingerprint density at radius 1 is 1.06 bits per heavy atom. The van der Waals surface area contributed by atoms with Crippen molar-refractivity contribution in [1.29, 1.82) is 0 Å². The number of hydrogen-bond donors (Lipinski definition) is 2. The van der Waals surface area contributed by atoms with Crippen LogP contribution >= 0.6 is 0 Å². The summed E-state index contributed by atoms with van der Waals surface area (Å²) in [6.07, 6.45) is -1.65. The van der Waals surface area contributed by atoms with Crippen LogP contribution in [0, 0.1) is 12.7 Å². The molecule has 0 radical (unpaired) electrons. The van der Waals surface area contributed by atoms with Gasteiger partial charge >= 0.3 is 12.2 Å². The molecule has 2 heterocycles. The van der Waals surface area contributed by atoms with E-state index in [4.69, 9.17) is 4.74 Å². The summed E-state index contributed by atoms with van der Waals surface area (Å²) in [7, 11) is 1.84. The largest absolute Gasteiger partial charge is 0.437 e. The molecule has 33 heavy (non-hydrogen) atoms. The average Bonchev–Trinajstić information content (AvgIpc) is 3.12. The summed E-state index contributed by atoms with van der Waals surface area (Å²) in [5.74, 6) is -0.591. The van der Waals surface area contributed by atoms with Crippen LogP contribution < -0.4 is 15.4 Å². The number of ether oxygens (including phenoxy) is 1. The van der Waals surface area contributed by atoms with Gasteiger partial charge in [-0.2, -0.15) is 18.2 Å². The van der Waals surface area contributed by atoms with Crippen molar-refractivity contribution in [2.24, 2.45) is 7.05 Å². The lowest BCUT2D eigenvalue weighted by atomic mass is 10.2. The average molecular weight is 459 g/mol. The summed E-state index contributed by atoms with van der Waals surface area (Å²) in [4.78, 5) is 20.6. The van der Waals surface area contributed by atoms with Crippen molar-refractivity contribution in [3.63, 3.8) is 0 Å². The molecule has 7 nitrogen and oxygen atoms in total. The Morgan fingerprint density at radius 3 is 2.58 bits per heavy atom. The molecule has 0 bridgehead atoms. The standard InChI is InChI=1S/C22H17F4N5O2/c1-12-9-14(33-20-19-18(27-11-28-20)7-8-31(19)2)4-6-17(12)30-21(32)29-13-3-5-16(23)15(10-13)22(24,25)26/h3-11H,1-2H3,(H2,29,30,32). The third kappa shape index (κ3) is 4.71. The highest BCUT2D eigenvalue weighted by Crippen LogP contribution is 2.33. The third-order valence-electron chi connectivity index (χ3n) is 4.82. The molecule has 4 rings (SSSR count). The van der Waals surface area contributed by atoms with Crippen molar-refractivity contribution in [1.82, 2.24) is 14.5 Å². The summed E-state index contributed by atoms with van der Waals surface area (Å²) in [5, 5.41) is 4.81. The van der Waals surface area contributed by atoms with E-state index in [2.05, 4.69) is 20.6 Å². The lowest BCUT2D eigenvalue weighted by Crippen LogP contribution is -2.20. The van der Waals surface area contributed by atoms with E-state index in [0.29, 0.717) is 40.5 Å². The van der Waals surface area contributed by atoms with Gasteiger partial charge in [0.15, 0.2) is 0 Å². The summed E-state index contributed by atoms with van der Waals surface area (Å²) in [6, 6.07) is 8.13. The molecular formula is C22H17F4N5O2. The number of anilines is 2. The number of hydrogen-bond acceptors (Lipinski definition) is 4. The lowest BCUT2D eigenvalue weighted by molar-refractivity contribution is -0.139. The number of nitrogens with zero attached hydrogens (tertiary/aromatic N) is 3. The van der Waals surface area contributed by atoms with Gasteiger partial charge < -0.3 is 19.9 Å². The van der Waals surface area contributed by atoms with Crippen molar-refractivity contribution in [3.8, 4) is 11.6 Å². The maximum atomic E-state index is 13.4. The Labute approximate surface area is 185 Å². The molecule has 11 heteroatoms. The number of urea groups is 1. The maximum absolute atomic E-state index is 13.4. The molecule has 0 spiro atoms. The zero-order valence-corrected chi connectivity index (χ0v) is 17.4. The first kappa shape index (κ1) is 22.1. The Hall–Kier alpha value is -4.15. The van der Waals surface area contributed by atoms with Gasteiger partial charge in [-0.05, 0) is 55.0 Å². The number of rotatable bonds is 4. The summed E-state index contributed by atoms with van der Waals surface area (Å²) >= 11 is 0. The van der Waals surface area contributed by atoms with Gasteiger partial charge in [-0.15, -0.1) is 0 Å². The zero-order valence-electron chi connectivity index (χ0n) is 17.4. The predicted octanol–water partition coefficient (Wildman–Crippen LogP) is 5.87. The zero-order chi connectivity index (χ0) is 23.8. The van der Waals surface area contributed by atoms with Crippen LogP contribution in [0.1, 0.15) is 11.1 Å². The first-order valence-electron chi connectivity index (χ1n) is 9.61. The molecule has 0 saturated heterocycles. The minimum Gasteiger partial charge on any atom is -0.437 e. The Balaban J connectivity index is 1.47. The molecule has 0 aliphatic heterocycles. The van der Waals surface area contributed by atoms with Crippen LogP contribution in [-0.4, -0.2) is 20.6 Å². The van der Waals surface area contributed by atoms with Crippen molar-refractivity contribution < 1.29 is 27.1 Å².